The molecule has 26 heavy (non-hydrogen) atoms. The second-order valence-electron chi connectivity index (χ2n) is 6.59. The quantitative estimate of drug-likeness (QED) is 0.836. The number of carbonyl (C=O) groups excluding carboxylic acids is 1. The van der Waals surface area contributed by atoms with Crippen LogP contribution >= 0.6 is 0 Å². The maximum absolute atomic E-state index is 12.3. The Labute approximate surface area is 152 Å². The Kier molecular flexibility index (Phi) is 4.63. The molecule has 0 atom stereocenters. The van der Waals surface area contributed by atoms with Crippen LogP contribution in [-0.4, -0.2) is 42.0 Å². The summed E-state index contributed by atoms with van der Waals surface area (Å²) in [5.74, 6) is 1.37. The molecular formula is C21H21NO4. The van der Waals surface area contributed by atoms with Crippen LogP contribution in [-0.2, 0) is 0 Å². The van der Waals surface area contributed by atoms with E-state index in [-0.39, 0.29) is 17.3 Å². The highest BCUT2D eigenvalue weighted by atomic mass is 16.5. The summed E-state index contributed by atoms with van der Waals surface area (Å²) >= 11 is 0. The fraction of sp³-hybridized carbons (Fsp3) is 0.286. The van der Waals surface area contributed by atoms with Crippen molar-refractivity contribution in [1.82, 2.24) is 4.90 Å². The van der Waals surface area contributed by atoms with E-state index in [9.17, 15) is 9.90 Å². The lowest BCUT2D eigenvalue weighted by molar-refractivity contribution is 0.101. The largest absolute Gasteiger partial charge is 0.508 e. The van der Waals surface area contributed by atoms with Gasteiger partial charge in [0.25, 0.3) is 0 Å². The van der Waals surface area contributed by atoms with Crippen molar-refractivity contribution in [3.05, 3.63) is 59.4 Å². The predicted octanol–water partition coefficient (Wildman–Crippen LogP) is 3.48. The SMILES string of the molecule is O=C1/C(=C/c2ccc(OCCN3CCCC3)cc2)Oc2cc(O)ccc21. The van der Waals surface area contributed by atoms with Gasteiger partial charge in [0.2, 0.25) is 5.78 Å². The Bertz CT molecular complexity index is 836. The molecule has 0 aromatic heterocycles. The first kappa shape index (κ1) is 16.7. The minimum Gasteiger partial charge on any atom is -0.508 e. The molecular weight excluding hydrogens is 330 g/mol. The molecule has 0 amide bonds. The number of rotatable bonds is 5. The number of carbonyl (C=O) groups is 1. The highest BCUT2D eigenvalue weighted by Crippen LogP contribution is 2.34. The molecule has 2 heterocycles. The van der Waals surface area contributed by atoms with E-state index >= 15 is 0 Å². The molecule has 0 unspecified atom stereocenters. The number of benzene rings is 2. The highest BCUT2D eigenvalue weighted by Gasteiger charge is 2.27. The summed E-state index contributed by atoms with van der Waals surface area (Å²) in [5, 5.41) is 9.50. The van der Waals surface area contributed by atoms with Crippen molar-refractivity contribution in [1.29, 1.82) is 0 Å². The summed E-state index contributed by atoms with van der Waals surface area (Å²) in [4.78, 5) is 14.8. The van der Waals surface area contributed by atoms with Crippen LogP contribution in [0.3, 0.4) is 0 Å². The molecule has 0 aliphatic carbocycles. The molecule has 2 aromatic rings. The van der Waals surface area contributed by atoms with Crippen LogP contribution in [0.4, 0.5) is 0 Å². The fourth-order valence-electron chi connectivity index (χ4n) is 3.29. The molecule has 4 rings (SSSR count). The molecule has 5 nitrogen and oxygen atoms in total. The standard InChI is InChI=1S/C21H21NO4/c23-16-5-8-18-19(14-16)26-20(21(18)24)13-15-3-6-17(7-4-15)25-12-11-22-9-1-2-10-22/h3-8,13-14,23H,1-2,9-12H2/b20-13-. The number of allylic oxidation sites excluding steroid dienone is 1. The van der Waals surface area contributed by atoms with Crippen LogP contribution in [0.15, 0.2) is 48.2 Å². The summed E-state index contributed by atoms with van der Waals surface area (Å²) < 4.78 is 11.4. The van der Waals surface area contributed by atoms with E-state index in [0.29, 0.717) is 17.9 Å². The molecule has 1 fully saturated rings. The first-order valence-corrected chi connectivity index (χ1v) is 8.91. The number of fused-ring (bicyclic) bond motifs is 1. The number of likely N-dealkylation sites (tertiary alicyclic amines) is 1. The normalized spacial score (nSPS) is 18.2. The first-order valence-electron chi connectivity index (χ1n) is 8.91. The maximum Gasteiger partial charge on any atom is 0.231 e. The van der Waals surface area contributed by atoms with Crippen molar-refractivity contribution in [3.8, 4) is 17.2 Å². The summed E-state index contributed by atoms with van der Waals surface area (Å²) in [6.07, 6.45) is 4.27. The Morgan fingerprint density at radius 3 is 2.65 bits per heavy atom. The lowest BCUT2D eigenvalue weighted by Crippen LogP contribution is -2.25. The van der Waals surface area contributed by atoms with Crippen molar-refractivity contribution in [2.24, 2.45) is 0 Å². The minimum atomic E-state index is -0.175. The van der Waals surface area contributed by atoms with Crippen LogP contribution < -0.4 is 9.47 Å². The molecule has 2 aromatic carbocycles. The Morgan fingerprint density at radius 1 is 1.12 bits per heavy atom. The first-order chi connectivity index (χ1) is 12.7. The topological polar surface area (TPSA) is 59.0 Å². The minimum absolute atomic E-state index is 0.0771. The van der Waals surface area contributed by atoms with E-state index in [1.165, 1.54) is 38.1 Å². The number of hydrogen-bond donors (Lipinski definition) is 1. The van der Waals surface area contributed by atoms with Gasteiger partial charge < -0.3 is 14.6 Å². The molecule has 0 spiro atoms. The van der Waals surface area contributed by atoms with E-state index in [1.54, 1.807) is 12.1 Å². The van der Waals surface area contributed by atoms with Crippen molar-refractivity contribution < 1.29 is 19.4 Å². The van der Waals surface area contributed by atoms with Gasteiger partial charge in [-0.2, -0.15) is 0 Å². The zero-order chi connectivity index (χ0) is 17.9. The van der Waals surface area contributed by atoms with Crippen LogP contribution in [0.2, 0.25) is 0 Å². The van der Waals surface area contributed by atoms with Crippen molar-refractivity contribution in [3.63, 3.8) is 0 Å². The van der Waals surface area contributed by atoms with E-state index in [0.717, 1.165) is 17.9 Å². The number of phenolic OH excluding ortho intramolecular Hbond substituents is 1. The number of hydrogen-bond acceptors (Lipinski definition) is 5. The van der Waals surface area contributed by atoms with Gasteiger partial charge in [0, 0.05) is 12.6 Å². The summed E-state index contributed by atoms with van der Waals surface area (Å²) in [6, 6.07) is 12.1. The van der Waals surface area contributed by atoms with Crippen molar-refractivity contribution in [2.75, 3.05) is 26.2 Å². The van der Waals surface area contributed by atoms with Crippen LogP contribution in [0.25, 0.3) is 6.08 Å². The zero-order valence-electron chi connectivity index (χ0n) is 14.5. The monoisotopic (exact) mass is 351 g/mol. The van der Waals surface area contributed by atoms with Gasteiger partial charge in [0.05, 0.1) is 5.56 Å². The van der Waals surface area contributed by atoms with Crippen LogP contribution in [0.5, 0.6) is 17.2 Å². The van der Waals surface area contributed by atoms with Crippen molar-refractivity contribution >= 4 is 11.9 Å². The number of ketones is 1. The van der Waals surface area contributed by atoms with E-state index in [4.69, 9.17) is 9.47 Å². The summed E-state index contributed by atoms with van der Waals surface area (Å²) in [5.41, 5.74) is 1.33. The van der Waals surface area contributed by atoms with Gasteiger partial charge in [0.1, 0.15) is 23.9 Å². The maximum atomic E-state index is 12.3. The van der Waals surface area contributed by atoms with E-state index in [2.05, 4.69) is 4.90 Å². The van der Waals surface area contributed by atoms with Gasteiger partial charge in [-0.15, -0.1) is 0 Å². The van der Waals surface area contributed by atoms with Gasteiger partial charge in [-0.25, -0.2) is 0 Å². The Hall–Kier alpha value is -2.79. The van der Waals surface area contributed by atoms with Crippen LogP contribution in [0, 0.1) is 0 Å². The van der Waals surface area contributed by atoms with Gasteiger partial charge in [0.15, 0.2) is 5.76 Å². The third-order valence-electron chi connectivity index (χ3n) is 4.71. The number of Topliss-reactive ketones (excluding diaryl/α,β-unsaturated/α-hetero) is 1. The third-order valence-corrected chi connectivity index (χ3v) is 4.71. The second kappa shape index (κ2) is 7.22. The molecule has 2 aliphatic rings. The number of phenols is 1. The molecule has 1 N–H and O–H groups in total. The van der Waals surface area contributed by atoms with E-state index in [1.807, 2.05) is 24.3 Å². The predicted molar refractivity (Wildman–Crippen MR) is 98.7 cm³/mol. The fourth-order valence-corrected chi connectivity index (χ4v) is 3.29. The number of nitrogens with zero attached hydrogens (tertiary/aromatic N) is 1. The molecule has 1 saturated heterocycles. The van der Waals surface area contributed by atoms with Gasteiger partial charge in [-0.1, -0.05) is 12.1 Å². The molecule has 2 aliphatic heterocycles. The number of aromatic hydroxyl groups is 1. The lowest BCUT2D eigenvalue weighted by atomic mass is 10.1. The smallest absolute Gasteiger partial charge is 0.231 e. The van der Waals surface area contributed by atoms with Crippen LogP contribution in [0.1, 0.15) is 28.8 Å². The summed E-state index contributed by atoms with van der Waals surface area (Å²) in [6.45, 7) is 3.98. The average molecular weight is 351 g/mol. The molecule has 0 bridgehead atoms. The highest BCUT2D eigenvalue weighted by molar-refractivity contribution is 6.14. The second-order valence-corrected chi connectivity index (χ2v) is 6.59. The van der Waals surface area contributed by atoms with Crippen molar-refractivity contribution in [2.45, 2.75) is 12.8 Å². The molecule has 134 valence electrons. The van der Waals surface area contributed by atoms with Gasteiger partial charge >= 0.3 is 0 Å². The summed E-state index contributed by atoms with van der Waals surface area (Å²) in [7, 11) is 0. The Morgan fingerprint density at radius 2 is 1.88 bits per heavy atom. The molecule has 0 saturated carbocycles. The van der Waals surface area contributed by atoms with E-state index < -0.39 is 0 Å². The lowest BCUT2D eigenvalue weighted by Gasteiger charge is -2.14. The Balaban J connectivity index is 1.38. The van der Waals surface area contributed by atoms with Gasteiger partial charge in [-0.05, 0) is 61.8 Å². The number of ether oxygens (including phenoxy) is 2. The average Bonchev–Trinajstić information content (AvgIpc) is 3.25. The molecule has 5 heteroatoms. The van der Waals surface area contributed by atoms with Gasteiger partial charge in [-0.3, -0.25) is 9.69 Å². The third kappa shape index (κ3) is 3.58. The zero-order valence-corrected chi connectivity index (χ0v) is 14.5. The molecule has 0 radical (unpaired) electrons.